The number of halogens is 3. The monoisotopic (exact) mass is 335 g/mol. The van der Waals surface area contributed by atoms with Crippen LogP contribution in [0.25, 0.3) is 0 Å². The lowest BCUT2D eigenvalue weighted by molar-refractivity contribution is -0.138. The second kappa shape index (κ2) is 5.78. The van der Waals surface area contributed by atoms with Crippen molar-refractivity contribution in [3.05, 3.63) is 52.9 Å². The molecule has 114 valence electrons. The van der Waals surface area contributed by atoms with Crippen LogP contribution in [0.15, 0.2) is 46.0 Å². The highest BCUT2D eigenvalue weighted by Gasteiger charge is 2.38. The summed E-state index contributed by atoms with van der Waals surface area (Å²) in [6.07, 6.45) is -4.63. The minimum atomic E-state index is -4.63. The summed E-state index contributed by atoms with van der Waals surface area (Å²) in [6.45, 7) is -0.423. The molecule has 1 aromatic heterocycles. The third-order valence-corrected chi connectivity index (χ3v) is 6.52. The van der Waals surface area contributed by atoms with Crippen molar-refractivity contribution in [3.8, 4) is 0 Å². The van der Waals surface area contributed by atoms with Crippen LogP contribution < -0.4 is 5.73 Å². The quantitative estimate of drug-likeness (QED) is 0.933. The summed E-state index contributed by atoms with van der Waals surface area (Å²) in [4.78, 5) is 0. The number of thiophene rings is 1. The van der Waals surface area contributed by atoms with Crippen molar-refractivity contribution in [2.75, 3.05) is 6.54 Å². The summed E-state index contributed by atoms with van der Waals surface area (Å²) in [5.41, 5.74) is 4.18. The SMILES string of the molecule is NC[C@@H](c1ccccc1C(F)(F)F)S(=O)(=O)c1cccs1. The van der Waals surface area contributed by atoms with Crippen LogP contribution in [-0.4, -0.2) is 15.0 Å². The molecule has 2 rings (SSSR count). The topological polar surface area (TPSA) is 60.2 Å². The molecule has 0 radical (unpaired) electrons. The molecule has 0 aliphatic heterocycles. The summed E-state index contributed by atoms with van der Waals surface area (Å²) >= 11 is 0.957. The molecule has 0 unspecified atom stereocenters. The van der Waals surface area contributed by atoms with Crippen molar-refractivity contribution in [1.29, 1.82) is 0 Å². The predicted molar refractivity (Wildman–Crippen MR) is 74.7 cm³/mol. The molecule has 1 atom stereocenters. The van der Waals surface area contributed by atoms with Crippen LogP contribution in [0.2, 0.25) is 0 Å². The van der Waals surface area contributed by atoms with Gasteiger partial charge in [0.15, 0.2) is 9.84 Å². The van der Waals surface area contributed by atoms with Crippen molar-refractivity contribution in [3.63, 3.8) is 0 Å². The van der Waals surface area contributed by atoms with E-state index in [4.69, 9.17) is 5.73 Å². The average Bonchev–Trinajstić information content (AvgIpc) is 2.93. The van der Waals surface area contributed by atoms with Gasteiger partial charge in [-0.3, -0.25) is 0 Å². The number of rotatable bonds is 4. The highest BCUT2D eigenvalue weighted by atomic mass is 32.2. The average molecular weight is 335 g/mol. The fourth-order valence-corrected chi connectivity index (χ4v) is 4.86. The maximum Gasteiger partial charge on any atom is 0.416 e. The maximum absolute atomic E-state index is 13.0. The molecule has 21 heavy (non-hydrogen) atoms. The smallest absolute Gasteiger partial charge is 0.329 e. The van der Waals surface area contributed by atoms with Gasteiger partial charge in [-0.25, -0.2) is 8.42 Å². The molecule has 0 spiro atoms. The summed E-state index contributed by atoms with van der Waals surface area (Å²) in [7, 11) is -3.95. The normalized spacial score (nSPS) is 14.1. The van der Waals surface area contributed by atoms with Gasteiger partial charge in [0.2, 0.25) is 0 Å². The largest absolute Gasteiger partial charge is 0.416 e. The van der Waals surface area contributed by atoms with Crippen molar-refractivity contribution < 1.29 is 21.6 Å². The Bertz CT molecular complexity index is 709. The molecule has 3 nitrogen and oxygen atoms in total. The molecule has 0 saturated carbocycles. The summed E-state index contributed by atoms with van der Waals surface area (Å²) in [6, 6.07) is 7.50. The van der Waals surface area contributed by atoms with Crippen LogP contribution in [0.5, 0.6) is 0 Å². The van der Waals surface area contributed by atoms with Crippen molar-refractivity contribution in [2.24, 2.45) is 5.73 Å². The molecular weight excluding hydrogens is 323 g/mol. The van der Waals surface area contributed by atoms with Gasteiger partial charge in [0.1, 0.15) is 9.46 Å². The number of nitrogens with two attached hydrogens (primary N) is 1. The van der Waals surface area contributed by atoms with E-state index < -0.39 is 33.4 Å². The Morgan fingerprint density at radius 3 is 2.33 bits per heavy atom. The first kappa shape index (κ1) is 16.0. The van der Waals surface area contributed by atoms with E-state index in [0.717, 1.165) is 23.5 Å². The molecular formula is C13H12F3NO2S2. The van der Waals surface area contributed by atoms with Crippen LogP contribution in [0, 0.1) is 0 Å². The zero-order chi connectivity index (χ0) is 15.7. The van der Waals surface area contributed by atoms with Gasteiger partial charge in [-0.1, -0.05) is 24.3 Å². The van der Waals surface area contributed by atoms with Crippen molar-refractivity contribution >= 4 is 21.2 Å². The lowest BCUT2D eigenvalue weighted by Gasteiger charge is -2.20. The van der Waals surface area contributed by atoms with Gasteiger partial charge in [-0.15, -0.1) is 11.3 Å². The van der Waals surface area contributed by atoms with Crippen LogP contribution in [-0.2, 0) is 16.0 Å². The Kier molecular flexibility index (Phi) is 4.40. The maximum atomic E-state index is 13.0. The summed E-state index contributed by atoms with van der Waals surface area (Å²) in [5.74, 6) is 0. The van der Waals surface area contributed by atoms with E-state index in [9.17, 15) is 21.6 Å². The molecule has 0 amide bonds. The lowest BCUT2D eigenvalue weighted by atomic mass is 10.0. The zero-order valence-electron chi connectivity index (χ0n) is 10.7. The molecule has 8 heteroatoms. The standard InChI is InChI=1S/C13H12F3NO2S2/c14-13(15,16)10-5-2-1-4-9(10)11(8-17)21(18,19)12-6-3-7-20-12/h1-7,11H,8,17H2/t11-/m0/s1. The number of sulfone groups is 1. The van der Waals surface area contributed by atoms with Gasteiger partial charge in [0.05, 0.1) is 5.56 Å². The Balaban J connectivity index is 2.59. The van der Waals surface area contributed by atoms with Crippen molar-refractivity contribution in [2.45, 2.75) is 15.6 Å². The molecule has 1 aromatic carbocycles. The van der Waals surface area contributed by atoms with E-state index in [-0.39, 0.29) is 9.77 Å². The lowest BCUT2D eigenvalue weighted by Crippen LogP contribution is -2.24. The molecule has 0 aliphatic carbocycles. The van der Waals surface area contributed by atoms with Crippen LogP contribution in [0.1, 0.15) is 16.4 Å². The number of hydrogen-bond acceptors (Lipinski definition) is 4. The van der Waals surface area contributed by atoms with E-state index in [2.05, 4.69) is 0 Å². The molecule has 0 aliphatic rings. The van der Waals surface area contributed by atoms with E-state index >= 15 is 0 Å². The van der Waals surface area contributed by atoms with Crippen molar-refractivity contribution in [1.82, 2.24) is 0 Å². The Morgan fingerprint density at radius 1 is 1.14 bits per heavy atom. The Morgan fingerprint density at radius 2 is 1.81 bits per heavy atom. The molecule has 0 bridgehead atoms. The number of hydrogen-bond donors (Lipinski definition) is 1. The van der Waals surface area contributed by atoms with Gasteiger partial charge in [-0.2, -0.15) is 13.2 Å². The fraction of sp³-hybridized carbons (Fsp3) is 0.231. The Labute approximate surface area is 124 Å². The number of alkyl halides is 3. The summed E-state index contributed by atoms with van der Waals surface area (Å²) < 4.78 is 64.1. The first-order chi connectivity index (χ1) is 9.78. The minimum Gasteiger partial charge on any atom is -0.329 e. The highest BCUT2D eigenvalue weighted by Crippen LogP contribution is 2.39. The third kappa shape index (κ3) is 3.12. The van der Waals surface area contributed by atoms with E-state index in [1.807, 2.05) is 0 Å². The van der Waals surface area contributed by atoms with E-state index in [1.54, 1.807) is 5.38 Å². The first-order valence-corrected chi connectivity index (χ1v) is 8.34. The first-order valence-electron chi connectivity index (χ1n) is 5.92. The van der Waals surface area contributed by atoms with Gasteiger partial charge in [0, 0.05) is 6.54 Å². The van der Waals surface area contributed by atoms with Crippen LogP contribution in [0.4, 0.5) is 13.2 Å². The minimum absolute atomic E-state index is 0.00919. The fourth-order valence-electron chi connectivity index (χ4n) is 2.02. The summed E-state index contributed by atoms with van der Waals surface area (Å²) in [5, 5.41) is 0.129. The Hall–Kier alpha value is -1.38. The molecule has 2 aromatic rings. The number of benzene rings is 1. The van der Waals surface area contributed by atoms with Gasteiger partial charge in [0.25, 0.3) is 0 Å². The molecule has 2 N–H and O–H groups in total. The molecule has 0 fully saturated rings. The predicted octanol–water partition coefficient (Wildman–Crippen LogP) is 3.24. The van der Waals surface area contributed by atoms with E-state index in [1.165, 1.54) is 24.3 Å². The van der Waals surface area contributed by atoms with E-state index in [0.29, 0.717) is 0 Å². The third-order valence-electron chi connectivity index (χ3n) is 2.98. The van der Waals surface area contributed by atoms with Crippen LogP contribution >= 0.6 is 11.3 Å². The highest BCUT2D eigenvalue weighted by molar-refractivity contribution is 7.93. The second-order valence-electron chi connectivity index (χ2n) is 4.29. The van der Waals surface area contributed by atoms with Gasteiger partial charge >= 0.3 is 6.18 Å². The molecule has 0 saturated heterocycles. The van der Waals surface area contributed by atoms with Crippen LogP contribution in [0.3, 0.4) is 0 Å². The zero-order valence-corrected chi connectivity index (χ0v) is 12.3. The molecule has 1 heterocycles. The van der Waals surface area contributed by atoms with Gasteiger partial charge < -0.3 is 5.73 Å². The van der Waals surface area contributed by atoms with Gasteiger partial charge in [-0.05, 0) is 23.1 Å². The second-order valence-corrected chi connectivity index (χ2v) is 7.59.